The largest absolute Gasteiger partial charge is 0.332 e. The Hall–Kier alpha value is -2.48. The van der Waals surface area contributed by atoms with E-state index in [4.69, 9.17) is 23.8 Å². The number of nitrogens with one attached hydrogen (secondary N) is 2. The van der Waals surface area contributed by atoms with Crippen LogP contribution in [0.25, 0.3) is 10.8 Å². The third kappa shape index (κ3) is 4.42. The lowest BCUT2D eigenvalue weighted by Gasteiger charge is -2.11. The Bertz CT molecular complexity index is 1180. The molecule has 0 unspecified atom stereocenters. The van der Waals surface area contributed by atoms with Crippen molar-refractivity contribution in [1.29, 1.82) is 0 Å². The summed E-state index contributed by atoms with van der Waals surface area (Å²) >= 11 is 15.0. The van der Waals surface area contributed by atoms with Crippen molar-refractivity contribution in [3.8, 4) is 0 Å². The van der Waals surface area contributed by atoms with Crippen LogP contribution in [0.4, 0.5) is 15.9 Å². The van der Waals surface area contributed by atoms with Crippen LogP contribution in [-0.2, 0) is 6.54 Å². The van der Waals surface area contributed by atoms with Gasteiger partial charge in [0.1, 0.15) is 5.82 Å². The molecule has 3 aromatic carbocycles. The molecule has 0 atom stereocenters. The van der Waals surface area contributed by atoms with E-state index in [2.05, 4.69) is 31.7 Å². The van der Waals surface area contributed by atoms with Crippen LogP contribution >= 0.6 is 39.7 Å². The fraction of sp³-hybridized carbons (Fsp3) is 0.0476. The normalized spacial score (nSPS) is 10.9. The fourth-order valence-electron chi connectivity index (χ4n) is 3.00. The van der Waals surface area contributed by atoms with Gasteiger partial charge in [0, 0.05) is 27.9 Å². The summed E-state index contributed by atoms with van der Waals surface area (Å²) < 4.78 is 16.3. The van der Waals surface area contributed by atoms with Crippen molar-refractivity contribution in [1.82, 2.24) is 9.78 Å². The number of halogens is 3. The summed E-state index contributed by atoms with van der Waals surface area (Å²) in [5, 5.41) is 13.7. The lowest BCUT2D eigenvalue weighted by atomic mass is 10.1. The van der Waals surface area contributed by atoms with E-state index in [1.165, 1.54) is 6.07 Å². The number of anilines is 2. The Balaban J connectivity index is 1.50. The minimum Gasteiger partial charge on any atom is -0.332 e. The van der Waals surface area contributed by atoms with E-state index in [1.807, 2.05) is 42.5 Å². The summed E-state index contributed by atoms with van der Waals surface area (Å²) in [5.41, 5.74) is 1.28. The van der Waals surface area contributed by atoms with Crippen LogP contribution in [-0.4, -0.2) is 14.9 Å². The zero-order chi connectivity index (χ0) is 20.4. The molecule has 0 saturated carbocycles. The van der Waals surface area contributed by atoms with Gasteiger partial charge in [-0.05, 0) is 51.7 Å². The lowest BCUT2D eigenvalue weighted by Crippen LogP contribution is -2.20. The minimum atomic E-state index is -0.369. The van der Waals surface area contributed by atoms with Crippen molar-refractivity contribution >= 4 is 67.1 Å². The molecule has 29 heavy (non-hydrogen) atoms. The molecule has 0 spiro atoms. The van der Waals surface area contributed by atoms with Crippen LogP contribution in [0.15, 0.2) is 71.3 Å². The number of thiocarbonyl (C=S) groups is 1. The third-order valence-corrected chi connectivity index (χ3v) is 5.51. The molecule has 0 aliphatic carbocycles. The Morgan fingerprint density at radius 2 is 1.83 bits per heavy atom. The van der Waals surface area contributed by atoms with Gasteiger partial charge in [-0.2, -0.15) is 5.10 Å². The molecular weight excluding hydrogens is 475 g/mol. The Labute approximate surface area is 185 Å². The Morgan fingerprint density at radius 3 is 2.66 bits per heavy atom. The summed E-state index contributed by atoms with van der Waals surface area (Å²) in [4.78, 5) is 0. The Kier molecular flexibility index (Phi) is 5.80. The quantitative estimate of drug-likeness (QED) is 0.323. The van der Waals surface area contributed by atoms with Crippen LogP contribution in [0.5, 0.6) is 0 Å². The maximum Gasteiger partial charge on any atom is 0.176 e. The van der Waals surface area contributed by atoms with Gasteiger partial charge in [0.15, 0.2) is 10.9 Å². The molecule has 1 heterocycles. The first kappa shape index (κ1) is 19.8. The number of aromatic nitrogens is 2. The first-order chi connectivity index (χ1) is 14.0. The summed E-state index contributed by atoms with van der Waals surface area (Å²) in [7, 11) is 0. The molecule has 8 heteroatoms. The highest BCUT2D eigenvalue weighted by molar-refractivity contribution is 9.10. The average molecular weight is 490 g/mol. The highest BCUT2D eigenvalue weighted by atomic mass is 79.9. The highest BCUT2D eigenvalue weighted by Crippen LogP contribution is 2.26. The van der Waals surface area contributed by atoms with Crippen molar-refractivity contribution < 1.29 is 4.39 Å². The smallest absolute Gasteiger partial charge is 0.176 e. The van der Waals surface area contributed by atoms with Gasteiger partial charge >= 0.3 is 0 Å². The fourth-order valence-corrected chi connectivity index (χ4v) is 3.85. The number of hydrogen-bond donors (Lipinski definition) is 2. The van der Waals surface area contributed by atoms with E-state index in [0.29, 0.717) is 26.0 Å². The summed E-state index contributed by atoms with van der Waals surface area (Å²) in [6, 6.07) is 18.6. The molecule has 0 aliphatic heterocycles. The van der Waals surface area contributed by atoms with Crippen LogP contribution in [0.2, 0.25) is 5.02 Å². The van der Waals surface area contributed by atoms with E-state index < -0.39 is 0 Å². The molecule has 0 fully saturated rings. The first-order valence-electron chi connectivity index (χ1n) is 8.73. The van der Waals surface area contributed by atoms with Crippen molar-refractivity contribution in [3.63, 3.8) is 0 Å². The second-order valence-corrected chi connectivity index (χ2v) is 8.00. The van der Waals surface area contributed by atoms with E-state index >= 15 is 0 Å². The lowest BCUT2D eigenvalue weighted by molar-refractivity contribution is 0.586. The number of benzene rings is 3. The molecule has 0 bridgehead atoms. The van der Waals surface area contributed by atoms with Gasteiger partial charge in [-0.1, -0.05) is 54.1 Å². The molecular formula is C21H15BrClFN4S. The van der Waals surface area contributed by atoms with Gasteiger partial charge in [0.05, 0.1) is 11.0 Å². The van der Waals surface area contributed by atoms with Gasteiger partial charge in [-0.3, -0.25) is 4.68 Å². The maximum atomic E-state index is 14.0. The molecule has 0 amide bonds. The number of rotatable bonds is 4. The van der Waals surface area contributed by atoms with Crippen molar-refractivity contribution in [2.45, 2.75) is 6.54 Å². The van der Waals surface area contributed by atoms with E-state index in [-0.39, 0.29) is 12.4 Å². The number of hydrogen-bond acceptors (Lipinski definition) is 2. The van der Waals surface area contributed by atoms with E-state index in [0.717, 1.165) is 16.5 Å². The predicted octanol–water partition coefficient (Wildman–Crippen LogP) is 6.45. The second-order valence-electron chi connectivity index (χ2n) is 6.33. The Morgan fingerprint density at radius 1 is 1.07 bits per heavy atom. The van der Waals surface area contributed by atoms with Crippen molar-refractivity contribution in [3.05, 3.63) is 87.7 Å². The van der Waals surface area contributed by atoms with Gasteiger partial charge in [0.2, 0.25) is 0 Å². The maximum absolute atomic E-state index is 14.0. The topological polar surface area (TPSA) is 41.9 Å². The zero-order valence-corrected chi connectivity index (χ0v) is 18.2. The van der Waals surface area contributed by atoms with Crippen LogP contribution in [0.1, 0.15) is 5.56 Å². The van der Waals surface area contributed by atoms with Gasteiger partial charge in [-0.25, -0.2) is 4.39 Å². The molecule has 0 aliphatic rings. The molecule has 0 radical (unpaired) electrons. The second kappa shape index (κ2) is 8.49. The molecule has 1 aromatic heterocycles. The zero-order valence-electron chi connectivity index (χ0n) is 15.0. The van der Waals surface area contributed by atoms with Gasteiger partial charge in [-0.15, -0.1) is 0 Å². The molecule has 146 valence electrons. The van der Waals surface area contributed by atoms with Crippen molar-refractivity contribution in [2.24, 2.45) is 0 Å². The third-order valence-electron chi connectivity index (χ3n) is 4.37. The predicted molar refractivity (Wildman–Crippen MR) is 124 cm³/mol. The number of nitrogens with zero attached hydrogens (tertiary/aromatic N) is 2. The average Bonchev–Trinajstić information content (AvgIpc) is 3.04. The summed E-state index contributed by atoms with van der Waals surface area (Å²) in [6.07, 6.45) is 1.74. The monoisotopic (exact) mass is 488 g/mol. The van der Waals surface area contributed by atoms with Crippen LogP contribution in [0, 0.1) is 5.82 Å². The van der Waals surface area contributed by atoms with Crippen LogP contribution < -0.4 is 10.6 Å². The standard InChI is InChI=1S/C21H15BrClFN4S/c22-16-12-28(11-15-17(23)8-4-9-18(15)24)27-20(16)26-21(29)25-19-10-3-6-13-5-1-2-7-14(13)19/h1-10,12H,11H2,(H2,25,26,27,29). The SMILES string of the molecule is Fc1cccc(Cl)c1Cn1cc(Br)c(NC(=S)Nc2cccc3ccccc23)n1. The molecule has 2 N–H and O–H groups in total. The number of fused-ring (bicyclic) bond motifs is 1. The first-order valence-corrected chi connectivity index (χ1v) is 10.3. The minimum absolute atomic E-state index is 0.204. The van der Waals surface area contributed by atoms with E-state index in [9.17, 15) is 4.39 Å². The summed E-state index contributed by atoms with van der Waals surface area (Å²) in [5.74, 6) is 0.155. The van der Waals surface area contributed by atoms with E-state index in [1.54, 1.807) is 23.0 Å². The molecule has 0 saturated heterocycles. The highest BCUT2D eigenvalue weighted by Gasteiger charge is 2.13. The van der Waals surface area contributed by atoms with Gasteiger partial charge < -0.3 is 10.6 Å². The molecule has 4 nitrogen and oxygen atoms in total. The van der Waals surface area contributed by atoms with Gasteiger partial charge in [0.25, 0.3) is 0 Å². The summed E-state index contributed by atoms with van der Waals surface area (Å²) in [6.45, 7) is 0.204. The van der Waals surface area contributed by atoms with Crippen LogP contribution in [0.3, 0.4) is 0 Å². The molecule has 4 rings (SSSR count). The van der Waals surface area contributed by atoms with Crippen molar-refractivity contribution in [2.75, 3.05) is 10.6 Å². The molecule has 4 aromatic rings.